The molecule has 2 aromatic carbocycles. The summed E-state index contributed by atoms with van der Waals surface area (Å²) in [5, 5.41) is 3.44. The van der Waals surface area contributed by atoms with Crippen molar-refractivity contribution >= 4 is 15.7 Å². The van der Waals surface area contributed by atoms with Gasteiger partial charge in [0.1, 0.15) is 0 Å². The van der Waals surface area contributed by atoms with Gasteiger partial charge >= 0.3 is 0 Å². The number of para-hydroxylation sites is 1. The third-order valence-electron chi connectivity index (χ3n) is 3.79. The second-order valence-corrected chi connectivity index (χ2v) is 7.50. The Labute approximate surface area is 141 Å². The third-order valence-corrected chi connectivity index (χ3v) is 4.40. The molecule has 128 valence electrons. The first kappa shape index (κ1) is 16.6. The highest BCUT2D eigenvalue weighted by molar-refractivity contribution is 7.92. The summed E-state index contributed by atoms with van der Waals surface area (Å²) in [5.74, 6) is 1.57. The topological polar surface area (TPSA) is 76.7 Å². The smallest absolute Gasteiger partial charge is 0.231 e. The fourth-order valence-electron chi connectivity index (χ4n) is 2.56. The van der Waals surface area contributed by atoms with Crippen LogP contribution in [0.15, 0.2) is 42.5 Å². The molecule has 1 heterocycles. The van der Waals surface area contributed by atoms with Gasteiger partial charge in [-0.2, -0.15) is 0 Å². The van der Waals surface area contributed by atoms with Crippen LogP contribution in [-0.2, 0) is 16.6 Å². The van der Waals surface area contributed by atoms with Gasteiger partial charge in [0.2, 0.25) is 16.8 Å². The number of benzene rings is 2. The van der Waals surface area contributed by atoms with E-state index in [2.05, 4.69) is 17.0 Å². The maximum Gasteiger partial charge on any atom is 0.231 e. The molecule has 2 aromatic rings. The minimum absolute atomic E-state index is 0.107. The Bertz CT molecular complexity index is 819. The average Bonchev–Trinajstić information content (AvgIpc) is 3.01. The summed E-state index contributed by atoms with van der Waals surface area (Å²) in [6.07, 6.45) is 1.13. The predicted molar refractivity (Wildman–Crippen MR) is 92.7 cm³/mol. The minimum Gasteiger partial charge on any atom is -0.454 e. The van der Waals surface area contributed by atoms with Gasteiger partial charge in [0.15, 0.2) is 11.5 Å². The number of hydrogen-bond acceptors (Lipinski definition) is 5. The van der Waals surface area contributed by atoms with E-state index in [1.165, 1.54) is 0 Å². The van der Waals surface area contributed by atoms with Crippen LogP contribution in [0.3, 0.4) is 0 Å². The Morgan fingerprint density at radius 1 is 1.12 bits per heavy atom. The van der Waals surface area contributed by atoms with Crippen molar-refractivity contribution in [2.75, 3.05) is 17.8 Å². The van der Waals surface area contributed by atoms with Crippen LogP contribution in [0.5, 0.6) is 11.5 Å². The molecule has 0 aliphatic carbocycles. The maximum atomic E-state index is 11.2. The Morgan fingerprint density at radius 2 is 1.88 bits per heavy atom. The van der Waals surface area contributed by atoms with Crippen LogP contribution in [0.4, 0.5) is 5.69 Å². The van der Waals surface area contributed by atoms with E-state index in [9.17, 15) is 8.42 Å². The van der Waals surface area contributed by atoms with Gasteiger partial charge in [-0.3, -0.25) is 4.72 Å². The summed E-state index contributed by atoms with van der Waals surface area (Å²) in [5.41, 5.74) is 2.67. The summed E-state index contributed by atoms with van der Waals surface area (Å²) in [7, 11) is -3.25. The summed E-state index contributed by atoms with van der Waals surface area (Å²) in [4.78, 5) is 0. The van der Waals surface area contributed by atoms with Crippen LogP contribution < -0.4 is 19.5 Å². The second kappa shape index (κ2) is 6.70. The van der Waals surface area contributed by atoms with Gasteiger partial charge < -0.3 is 14.8 Å². The fraction of sp³-hybridized carbons (Fsp3) is 0.294. The van der Waals surface area contributed by atoms with Crippen LogP contribution >= 0.6 is 0 Å². The fourth-order valence-corrected chi connectivity index (χ4v) is 3.13. The van der Waals surface area contributed by atoms with Gasteiger partial charge in [0, 0.05) is 23.8 Å². The first-order valence-electron chi connectivity index (χ1n) is 7.61. The van der Waals surface area contributed by atoms with E-state index in [0.717, 1.165) is 28.9 Å². The van der Waals surface area contributed by atoms with E-state index in [0.29, 0.717) is 12.2 Å². The molecular formula is C17H20N2O4S. The molecule has 7 heteroatoms. The molecule has 24 heavy (non-hydrogen) atoms. The zero-order valence-electron chi connectivity index (χ0n) is 13.6. The van der Waals surface area contributed by atoms with Crippen molar-refractivity contribution in [1.29, 1.82) is 0 Å². The van der Waals surface area contributed by atoms with E-state index in [-0.39, 0.29) is 12.8 Å². The molecule has 0 saturated carbocycles. The quantitative estimate of drug-likeness (QED) is 0.839. The summed E-state index contributed by atoms with van der Waals surface area (Å²) in [6, 6.07) is 13.3. The summed E-state index contributed by atoms with van der Waals surface area (Å²) < 4.78 is 35.8. The maximum absolute atomic E-state index is 11.2. The lowest BCUT2D eigenvalue weighted by molar-refractivity contribution is 0.173. The zero-order chi connectivity index (χ0) is 17.2. The van der Waals surface area contributed by atoms with Crippen molar-refractivity contribution in [3.05, 3.63) is 53.6 Å². The number of sulfonamides is 1. The van der Waals surface area contributed by atoms with E-state index in [1.807, 2.05) is 30.3 Å². The molecule has 0 unspecified atom stereocenters. The van der Waals surface area contributed by atoms with Crippen LogP contribution in [0.2, 0.25) is 0 Å². The highest BCUT2D eigenvalue weighted by atomic mass is 32.2. The van der Waals surface area contributed by atoms with Gasteiger partial charge in [0.25, 0.3) is 0 Å². The largest absolute Gasteiger partial charge is 0.454 e. The first-order valence-corrected chi connectivity index (χ1v) is 9.50. The molecule has 0 aromatic heterocycles. The van der Waals surface area contributed by atoms with Crippen molar-refractivity contribution in [3.63, 3.8) is 0 Å². The molecule has 0 fully saturated rings. The summed E-state index contributed by atoms with van der Waals surface area (Å²) in [6.45, 7) is 2.97. The Morgan fingerprint density at radius 3 is 2.58 bits per heavy atom. The van der Waals surface area contributed by atoms with Crippen molar-refractivity contribution in [1.82, 2.24) is 5.32 Å². The highest BCUT2D eigenvalue weighted by Gasteiger charge is 2.17. The zero-order valence-corrected chi connectivity index (χ0v) is 14.4. The third kappa shape index (κ3) is 3.98. The molecule has 6 nitrogen and oxygen atoms in total. The molecule has 3 rings (SSSR count). The van der Waals surface area contributed by atoms with Crippen LogP contribution in [0.25, 0.3) is 0 Å². The molecule has 1 atom stereocenters. The SMILES string of the molecule is C[C@@H](NCc1cccc2c1OCO2)c1ccc(NS(C)(=O)=O)cc1. The monoisotopic (exact) mass is 348 g/mol. The number of anilines is 1. The van der Waals surface area contributed by atoms with Gasteiger partial charge in [-0.25, -0.2) is 8.42 Å². The van der Waals surface area contributed by atoms with Crippen LogP contribution in [0, 0.1) is 0 Å². The Hall–Kier alpha value is -2.25. The number of ether oxygens (including phenoxy) is 2. The van der Waals surface area contributed by atoms with E-state index >= 15 is 0 Å². The summed E-state index contributed by atoms with van der Waals surface area (Å²) >= 11 is 0. The van der Waals surface area contributed by atoms with Crippen molar-refractivity contribution in [2.45, 2.75) is 19.5 Å². The number of nitrogens with one attached hydrogen (secondary N) is 2. The van der Waals surface area contributed by atoms with Gasteiger partial charge in [-0.05, 0) is 30.7 Å². The van der Waals surface area contributed by atoms with Crippen molar-refractivity contribution in [3.8, 4) is 11.5 Å². The molecule has 0 saturated heterocycles. The molecule has 0 spiro atoms. The van der Waals surface area contributed by atoms with Crippen LogP contribution in [0.1, 0.15) is 24.1 Å². The minimum atomic E-state index is -3.25. The van der Waals surface area contributed by atoms with Crippen molar-refractivity contribution < 1.29 is 17.9 Å². The second-order valence-electron chi connectivity index (χ2n) is 5.75. The van der Waals surface area contributed by atoms with E-state index < -0.39 is 10.0 Å². The molecule has 0 bridgehead atoms. The van der Waals surface area contributed by atoms with Crippen LogP contribution in [-0.4, -0.2) is 21.5 Å². The molecule has 1 aliphatic heterocycles. The van der Waals surface area contributed by atoms with Crippen molar-refractivity contribution in [2.24, 2.45) is 0 Å². The lowest BCUT2D eigenvalue weighted by Gasteiger charge is -2.16. The molecule has 0 radical (unpaired) electrons. The number of hydrogen-bond donors (Lipinski definition) is 2. The Kier molecular flexibility index (Phi) is 4.64. The van der Waals surface area contributed by atoms with Gasteiger partial charge in [-0.15, -0.1) is 0 Å². The Balaban J connectivity index is 1.63. The predicted octanol–water partition coefficient (Wildman–Crippen LogP) is 2.64. The van der Waals surface area contributed by atoms with E-state index in [1.54, 1.807) is 12.1 Å². The first-order chi connectivity index (χ1) is 11.4. The molecule has 1 aliphatic rings. The molecule has 0 amide bonds. The molecule has 2 N–H and O–H groups in total. The lowest BCUT2D eigenvalue weighted by Crippen LogP contribution is -2.18. The van der Waals surface area contributed by atoms with Gasteiger partial charge in [0.05, 0.1) is 6.26 Å². The highest BCUT2D eigenvalue weighted by Crippen LogP contribution is 2.35. The number of fused-ring (bicyclic) bond motifs is 1. The average molecular weight is 348 g/mol. The number of rotatable bonds is 6. The van der Waals surface area contributed by atoms with E-state index in [4.69, 9.17) is 9.47 Å². The normalized spacial score (nSPS) is 14.4. The standard InChI is InChI=1S/C17H20N2O4S/c1-12(13-6-8-15(9-7-13)19-24(2,20)21)18-10-14-4-3-5-16-17(14)23-11-22-16/h3-9,12,18-19H,10-11H2,1-2H3/t12-/m1/s1. The lowest BCUT2D eigenvalue weighted by atomic mass is 10.1. The molecular weight excluding hydrogens is 328 g/mol. The van der Waals surface area contributed by atoms with Gasteiger partial charge in [-0.1, -0.05) is 24.3 Å².